The van der Waals surface area contributed by atoms with Gasteiger partial charge in [-0.25, -0.2) is 0 Å². The lowest BCUT2D eigenvalue weighted by Gasteiger charge is -2.27. The summed E-state index contributed by atoms with van der Waals surface area (Å²) in [6.45, 7) is 5.66. The Kier molecular flexibility index (Phi) is 5.68. The largest absolute Gasteiger partial charge is 0.354 e. The monoisotopic (exact) mass is 346 g/mol. The number of rotatable bonds is 7. The molecule has 2 N–H and O–H groups in total. The van der Waals surface area contributed by atoms with Gasteiger partial charge in [-0.3, -0.25) is 14.8 Å². The van der Waals surface area contributed by atoms with Crippen LogP contribution >= 0.6 is 11.3 Å². The molecule has 2 aromatic rings. The summed E-state index contributed by atoms with van der Waals surface area (Å²) < 4.78 is 2.08. The lowest BCUT2D eigenvalue weighted by Crippen LogP contribution is -2.44. The van der Waals surface area contributed by atoms with Crippen LogP contribution in [0.2, 0.25) is 0 Å². The number of fused-ring (bicyclic) bond motifs is 1. The van der Waals surface area contributed by atoms with Gasteiger partial charge in [0.1, 0.15) is 0 Å². The molecule has 0 aromatic carbocycles. The van der Waals surface area contributed by atoms with Gasteiger partial charge in [-0.2, -0.15) is 5.10 Å². The molecule has 0 unspecified atom stereocenters. The number of carbonyl (C=O) groups is 1. The Labute approximate surface area is 147 Å². The first-order valence-electron chi connectivity index (χ1n) is 8.79. The molecule has 1 aliphatic rings. The summed E-state index contributed by atoms with van der Waals surface area (Å²) in [5.41, 5.74) is 2.59. The molecule has 2 aromatic heterocycles. The third-order valence-electron chi connectivity index (χ3n) is 4.66. The Morgan fingerprint density at radius 3 is 3.17 bits per heavy atom. The molecule has 5 nitrogen and oxygen atoms in total. The van der Waals surface area contributed by atoms with Gasteiger partial charge in [0.05, 0.1) is 12.2 Å². The molecule has 6 heteroatoms. The summed E-state index contributed by atoms with van der Waals surface area (Å²) in [5.74, 6) is 0.0709. The highest BCUT2D eigenvalue weighted by Gasteiger charge is 2.26. The summed E-state index contributed by atoms with van der Waals surface area (Å²) in [4.78, 5) is 13.6. The molecule has 24 heavy (non-hydrogen) atoms. The maximum atomic E-state index is 12.3. The number of hydrogen-bond acceptors (Lipinski definition) is 4. The van der Waals surface area contributed by atoms with Gasteiger partial charge in [0.25, 0.3) is 0 Å². The summed E-state index contributed by atoms with van der Waals surface area (Å²) >= 11 is 1.73. The summed E-state index contributed by atoms with van der Waals surface area (Å²) in [6.07, 6.45) is 6.16. The number of thiophene rings is 1. The number of nitrogens with zero attached hydrogens (tertiary/aromatic N) is 2. The fourth-order valence-electron chi connectivity index (χ4n) is 3.36. The summed E-state index contributed by atoms with van der Waals surface area (Å²) in [5, 5.41) is 13.1. The Hall–Kier alpha value is -1.66. The van der Waals surface area contributed by atoms with E-state index < -0.39 is 0 Å². The highest BCUT2D eigenvalue weighted by atomic mass is 32.1. The second kappa shape index (κ2) is 7.94. The van der Waals surface area contributed by atoms with Crippen LogP contribution in [0.5, 0.6) is 0 Å². The second-order valence-corrected chi connectivity index (χ2v) is 7.35. The van der Waals surface area contributed by atoms with Crippen molar-refractivity contribution >= 4 is 17.2 Å². The van der Waals surface area contributed by atoms with Crippen LogP contribution in [-0.2, 0) is 24.2 Å². The molecule has 0 aliphatic heterocycles. The SMILES string of the molecule is CCn1ncc2c1CCC[C@@H]2N[C@@H](C)C(=O)NCCc1cccs1. The highest BCUT2D eigenvalue weighted by molar-refractivity contribution is 7.09. The molecular formula is C18H26N4OS. The first-order chi connectivity index (χ1) is 11.7. The maximum Gasteiger partial charge on any atom is 0.236 e. The van der Waals surface area contributed by atoms with Crippen LogP contribution in [0.1, 0.15) is 48.9 Å². The van der Waals surface area contributed by atoms with Crippen LogP contribution in [-0.4, -0.2) is 28.3 Å². The van der Waals surface area contributed by atoms with Crippen molar-refractivity contribution in [2.45, 2.75) is 58.2 Å². The molecule has 0 bridgehead atoms. The van der Waals surface area contributed by atoms with E-state index in [1.165, 1.54) is 16.1 Å². The molecule has 2 atom stereocenters. The van der Waals surface area contributed by atoms with Crippen molar-refractivity contribution in [1.82, 2.24) is 20.4 Å². The van der Waals surface area contributed by atoms with Gasteiger partial charge in [-0.1, -0.05) is 6.07 Å². The molecule has 3 rings (SSSR count). The molecule has 0 saturated carbocycles. The van der Waals surface area contributed by atoms with E-state index >= 15 is 0 Å². The van der Waals surface area contributed by atoms with E-state index in [9.17, 15) is 4.79 Å². The third-order valence-corrected chi connectivity index (χ3v) is 5.59. The number of amides is 1. The van der Waals surface area contributed by atoms with Crippen LogP contribution in [0.25, 0.3) is 0 Å². The van der Waals surface area contributed by atoms with Crippen molar-refractivity contribution in [1.29, 1.82) is 0 Å². The molecule has 2 heterocycles. The average molecular weight is 347 g/mol. The highest BCUT2D eigenvalue weighted by Crippen LogP contribution is 2.29. The van der Waals surface area contributed by atoms with Gasteiger partial charge < -0.3 is 5.32 Å². The molecule has 130 valence electrons. The third kappa shape index (κ3) is 3.87. The zero-order valence-corrected chi connectivity index (χ0v) is 15.2. The number of hydrogen-bond donors (Lipinski definition) is 2. The quantitative estimate of drug-likeness (QED) is 0.810. The van der Waals surface area contributed by atoms with Crippen molar-refractivity contribution in [2.24, 2.45) is 0 Å². The summed E-state index contributed by atoms with van der Waals surface area (Å²) in [6, 6.07) is 4.18. The molecule has 0 saturated heterocycles. The zero-order valence-electron chi connectivity index (χ0n) is 14.4. The van der Waals surface area contributed by atoms with E-state index in [4.69, 9.17) is 0 Å². The van der Waals surface area contributed by atoms with Crippen LogP contribution < -0.4 is 10.6 Å². The Morgan fingerprint density at radius 1 is 1.54 bits per heavy atom. The fourth-order valence-corrected chi connectivity index (χ4v) is 4.07. The number of nitrogens with one attached hydrogen (secondary N) is 2. The predicted molar refractivity (Wildman–Crippen MR) is 97.2 cm³/mol. The van der Waals surface area contributed by atoms with Crippen molar-refractivity contribution in [2.75, 3.05) is 6.54 Å². The lowest BCUT2D eigenvalue weighted by molar-refractivity contribution is -0.122. The lowest BCUT2D eigenvalue weighted by atomic mass is 9.92. The van der Waals surface area contributed by atoms with E-state index in [2.05, 4.69) is 38.8 Å². The van der Waals surface area contributed by atoms with Crippen LogP contribution in [0, 0.1) is 0 Å². The minimum Gasteiger partial charge on any atom is -0.354 e. The maximum absolute atomic E-state index is 12.3. The van der Waals surface area contributed by atoms with E-state index in [1.807, 2.05) is 19.2 Å². The average Bonchev–Trinajstić information content (AvgIpc) is 3.24. The van der Waals surface area contributed by atoms with Crippen molar-refractivity contribution < 1.29 is 4.79 Å². The number of aromatic nitrogens is 2. The van der Waals surface area contributed by atoms with Gasteiger partial charge in [0, 0.05) is 35.3 Å². The topological polar surface area (TPSA) is 59.0 Å². The number of aryl methyl sites for hydroxylation is 1. The van der Waals surface area contributed by atoms with E-state index in [-0.39, 0.29) is 18.0 Å². The van der Waals surface area contributed by atoms with Gasteiger partial charge >= 0.3 is 0 Å². The second-order valence-electron chi connectivity index (χ2n) is 6.32. The minimum absolute atomic E-state index is 0.0709. The van der Waals surface area contributed by atoms with E-state index in [0.29, 0.717) is 6.54 Å². The van der Waals surface area contributed by atoms with Gasteiger partial charge in [-0.15, -0.1) is 11.3 Å². The van der Waals surface area contributed by atoms with E-state index in [1.54, 1.807) is 11.3 Å². The van der Waals surface area contributed by atoms with Gasteiger partial charge in [0.2, 0.25) is 5.91 Å². The van der Waals surface area contributed by atoms with Crippen molar-refractivity contribution in [3.05, 3.63) is 39.8 Å². The molecule has 1 amide bonds. The van der Waals surface area contributed by atoms with Crippen molar-refractivity contribution in [3.63, 3.8) is 0 Å². The molecule has 0 fully saturated rings. The molecular weight excluding hydrogens is 320 g/mol. The van der Waals surface area contributed by atoms with Crippen LogP contribution in [0.15, 0.2) is 23.7 Å². The Morgan fingerprint density at radius 2 is 2.42 bits per heavy atom. The molecule has 1 aliphatic carbocycles. The smallest absolute Gasteiger partial charge is 0.236 e. The number of carbonyl (C=O) groups excluding carboxylic acids is 1. The minimum atomic E-state index is -0.200. The first kappa shape index (κ1) is 17.2. The van der Waals surface area contributed by atoms with Gasteiger partial charge in [0.15, 0.2) is 0 Å². The summed E-state index contributed by atoms with van der Waals surface area (Å²) in [7, 11) is 0. The normalized spacial score (nSPS) is 18.2. The Bertz CT molecular complexity index is 665. The van der Waals surface area contributed by atoms with Gasteiger partial charge in [-0.05, 0) is 51.0 Å². The fraction of sp³-hybridized carbons (Fsp3) is 0.556. The molecule has 0 radical (unpaired) electrons. The van der Waals surface area contributed by atoms with E-state index in [0.717, 1.165) is 32.2 Å². The predicted octanol–water partition coefficient (Wildman–Crippen LogP) is 2.68. The Balaban J connectivity index is 1.52. The standard InChI is InChI=1S/C18H26N4OS/c1-3-22-17-8-4-7-16(15(17)12-20-22)21-13(2)18(23)19-10-9-14-6-5-11-24-14/h5-6,11-13,16,21H,3-4,7-10H2,1-2H3,(H,19,23)/t13-,16-/m0/s1. The zero-order chi connectivity index (χ0) is 16.9. The van der Waals surface area contributed by atoms with Crippen LogP contribution in [0.3, 0.4) is 0 Å². The van der Waals surface area contributed by atoms with Crippen molar-refractivity contribution in [3.8, 4) is 0 Å². The molecule has 0 spiro atoms. The first-order valence-corrected chi connectivity index (χ1v) is 9.67. The van der Waals surface area contributed by atoms with Crippen LogP contribution in [0.4, 0.5) is 0 Å².